The van der Waals surface area contributed by atoms with Crippen LogP contribution in [-0.4, -0.2) is 23.4 Å². The smallest absolute Gasteiger partial charge is 0.322 e. The normalized spacial score (nSPS) is 10.8. The van der Waals surface area contributed by atoms with Crippen molar-refractivity contribution in [3.8, 4) is 0 Å². The maximum atomic E-state index is 10.2. The van der Waals surface area contributed by atoms with Crippen LogP contribution in [0.4, 0.5) is 0 Å². The molecule has 0 heterocycles. The van der Waals surface area contributed by atoms with Gasteiger partial charge >= 0.3 is 5.97 Å². The number of esters is 1. The maximum absolute atomic E-state index is 10.2. The van der Waals surface area contributed by atoms with Crippen molar-refractivity contribution < 1.29 is 9.53 Å². The van der Waals surface area contributed by atoms with E-state index in [9.17, 15) is 4.79 Å². The number of thioether (sulfide) groups is 1. The molecule has 0 fully saturated rings. The standard InChI is InChI=1S/C8H9NS2.C4H9NO2/c9-8(10)11-6-7-4-2-1-3-5-7;1-3(5)4(6)7-2/h1-5H,6H2,(H2,9,10);3H,5H2,1-2H3. The summed E-state index contributed by atoms with van der Waals surface area (Å²) in [5, 5.41) is 0. The van der Waals surface area contributed by atoms with E-state index in [0.717, 1.165) is 5.75 Å². The van der Waals surface area contributed by atoms with Crippen molar-refractivity contribution in [2.24, 2.45) is 11.5 Å². The van der Waals surface area contributed by atoms with E-state index in [1.54, 1.807) is 6.92 Å². The molecule has 100 valence electrons. The number of methoxy groups -OCH3 is 1. The number of hydrogen-bond acceptors (Lipinski definition) is 5. The second kappa shape index (κ2) is 9.87. The molecule has 18 heavy (non-hydrogen) atoms. The molecule has 1 atom stereocenters. The Morgan fingerprint density at radius 1 is 1.44 bits per heavy atom. The van der Waals surface area contributed by atoms with Crippen LogP contribution >= 0.6 is 24.0 Å². The molecular weight excluding hydrogens is 268 g/mol. The Bertz CT molecular complexity index is 370. The molecule has 0 radical (unpaired) electrons. The van der Waals surface area contributed by atoms with Crippen LogP contribution in [0.1, 0.15) is 12.5 Å². The summed E-state index contributed by atoms with van der Waals surface area (Å²) in [5.41, 5.74) is 11.7. The van der Waals surface area contributed by atoms with Crippen molar-refractivity contribution in [1.82, 2.24) is 0 Å². The molecule has 0 aliphatic carbocycles. The Morgan fingerprint density at radius 3 is 2.33 bits per heavy atom. The van der Waals surface area contributed by atoms with Crippen LogP contribution < -0.4 is 11.5 Å². The predicted octanol–water partition coefficient (Wildman–Crippen LogP) is 1.67. The minimum atomic E-state index is -0.495. The van der Waals surface area contributed by atoms with E-state index in [1.165, 1.54) is 24.4 Å². The van der Waals surface area contributed by atoms with Gasteiger partial charge in [-0.15, -0.1) is 0 Å². The van der Waals surface area contributed by atoms with Gasteiger partial charge in [-0.2, -0.15) is 0 Å². The van der Waals surface area contributed by atoms with Gasteiger partial charge in [0, 0.05) is 5.75 Å². The van der Waals surface area contributed by atoms with Crippen molar-refractivity contribution in [3.63, 3.8) is 0 Å². The average Bonchev–Trinajstić information content (AvgIpc) is 2.37. The number of nitrogens with two attached hydrogens (primary N) is 2. The van der Waals surface area contributed by atoms with Crippen LogP contribution in [0, 0.1) is 0 Å². The number of carbonyl (C=O) groups excluding carboxylic acids is 1. The highest BCUT2D eigenvalue weighted by molar-refractivity contribution is 8.22. The molecule has 0 amide bonds. The van der Waals surface area contributed by atoms with Gasteiger partial charge in [-0.1, -0.05) is 54.3 Å². The Hall–Kier alpha value is -1.11. The zero-order chi connectivity index (χ0) is 14.0. The Kier molecular flexibility index (Phi) is 9.26. The first kappa shape index (κ1) is 16.9. The maximum Gasteiger partial charge on any atom is 0.322 e. The molecule has 0 aliphatic heterocycles. The second-order valence-corrected chi connectivity index (χ2v) is 5.12. The largest absolute Gasteiger partial charge is 0.468 e. The molecule has 4 N–H and O–H groups in total. The second-order valence-electron chi connectivity index (χ2n) is 3.41. The number of ether oxygens (including phenoxy) is 1. The molecule has 0 spiro atoms. The van der Waals surface area contributed by atoms with Crippen molar-refractivity contribution in [2.45, 2.75) is 18.7 Å². The fraction of sp³-hybridized carbons (Fsp3) is 0.333. The van der Waals surface area contributed by atoms with E-state index < -0.39 is 6.04 Å². The molecule has 0 saturated carbocycles. The lowest BCUT2D eigenvalue weighted by Gasteiger charge is -1.98. The zero-order valence-corrected chi connectivity index (χ0v) is 12.1. The lowest BCUT2D eigenvalue weighted by molar-refractivity contribution is -0.141. The lowest BCUT2D eigenvalue weighted by atomic mass is 10.2. The molecule has 1 rings (SSSR count). The van der Waals surface area contributed by atoms with Gasteiger partial charge in [0.05, 0.1) is 7.11 Å². The van der Waals surface area contributed by atoms with E-state index in [2.05, 4.69) is 16.9 Å². The van der Waals surface area contributed by atoms with Gasteiger partial charge in [0.25, 0.3) is 0 Å². The van der Waals surface area contributed by atoms with Crippen molar-refractivity contribution >= 4 is 34.3 Å². The van der Waals surface area contributed by atoms with Crippen molar-refractivity contribution in [3.05, 3.63) is 35.9 Å². The van der Waals surface area contributed by atoms with E-state index in [4.69, 9.17) is 23.7 Å². The van der Waals surface area contributed by atoms with Gasteiger partial charge in [-0.25, -0.2) is 0 Å². The number of hydrogen-bond donors (Lipinski definition) is 2. The quantitative estimate of drug-likeness (QED) is 0.650. The fourth-order valence-corrected chi connectivity index (χ4v) is 1.59. The summed E-state index contributed by atoms with van der Waals surface area (Å²) in [5.74, 6) is 0.496. The highest BCUT2D eigenvalue weighted by atomic mass is 32.2. The van der Waals surface area contributed by atoms with Gasteiger partial charge in [-0.05, 0) is 12.5 Å². The predicted molar refractivity (Wildman–Crippen MR) is 80.2 cm³/mol. The highest BCUT2D eigenvalue weighted by Crippen LogP contribution is 2.10. The summed E-state index contributed by atoms with van der Waals surface area (Å²) in [7, 11) is 1.31. The fourth-order valence-electron chi connectivity index (χ4n) is 0.915. The van der Waals surface area contributed by atoms with Gasteiger partial charge in [0.2, 0.25) is 0 Å². The summed E-state index contributed by atoms with van der Waals surface area (Å²) in [4.78, 5) is 10.2. The molecule has 4 nitrogen and oxygen atoms in total. The van der Waals surface area contributed by atoms with Crippen LogP contribution in [0.15, 0.2) is 30.3 Å². The average molecular weight is 286 g/mol. The third-order valence-electron chi connectivity index (χ3n) is 1.80. The SMILES string of the molecule is COC(=O)C(C)N.NC(=S)SCc1ccccc1. The minimum Gasteiger partial charge on any atom is -0.468 e. The molecule has 0 bridgehead atoms. The third-order valence-corrected chi connectivity index (χ3v) is 2.91. The first-order chi connectivity index (χ1) is 8.47. The molecule has 1 unspecified atom stereocenters. The number of rotatable bonds is 3. The van der Waals surface area contributed by atoms with E-state index in [1.807, 2.05) is 18.2 Å². The van der Waals surface area contributed by atoms with Crippen molar-refractivity contribution in [2.75, 3.05) is 7.11 Å². The summed E-state index contributed by atoms with van der Waals surface area (Å²) in [6, 6.07) is 9.64. The van der Waals surface area contributed by atoms with Crippen LogP contribution in [0.5, 0.6) is 0 Å². The zero-order valence-electron chi connectivity index (χ0n) is 10.5. The summed E-state index contributed by atoms with van der Waals surface area (Å²) < 4.78 is 4.76. The molecule has 1 aromatic carbocycles. The van der Waals surface area contributed by atoms with Crippen LogP contribution in [0.3, 0.4) is 0 Å². The minimum absolute atomic E-state index is 0.375. The van der Waals surface area contributed by atoms with E-state index >= 15 is 0 Å². The molecule has 0 aliphatic rings. The molecule has 6 heteroatoms. The summed E-state index contributed by atoms with van der Waals surface area (Å²) in [6.07, 6.45) is 0. The van der Waals surface area contributed by atoms with Crippen LogP contribution in [0.2, 0.25) is 0 Å². The van der Waals surface area contributed by atoms with Crippen LogP contribution in [-0.2, 0) is 15.3 Å². The van der Waals surface area contributed by atoms with E-state index in [0.29, 0.717) is 4.32 Å². The van der Waals surface area contributed by atoms with Gasteiger partial charge in [0.1, 0.15) is 10.4 Å². The topological polar surface area (TPSA) is 78.3 Å². The monoisotopic (exact) mass is 286 g/mol. The van der Waals surface area contributed by atoms with Crippen LogP contribution in [0.25, 0.3) is 0 Å². The molecular formula is C12H18N2O2S2. The summed E-state index contributed by atoms with van der Waals surface area (Å²) in [6.45, 7) is 1.58. The lowest BCUT2D eigenvalue weighted by Crippen LogP contribution is -2.27. The van der Waals surface area contributed by atoms with Gasteiger partial charge in [-0.3, -0.25) is 4.79 Å². The number of carbonyl (C=O) groups is 1. The highest BCUT2D eigenvalue weighted by Gasteiger charge is 2.03. The Morgan fingerprint density at radius 2 is 2.00 bits per heavy atom. The first-order valence-electron chi connectivity index (χ1n) is 5.27. The molecule has 0 saturated heterocycles. The molecule has 1 aromatic rings. The van der Waals surface area contributed by atoms with E-state index in [-0.39, 0.29) is 5.97 Å². The number of benzene rings is 1. The Balaban J connectivity index is 0.000000360. The number of thiocarbonyl (C=S) groups is 1. The van der Waals surface area contributed by atoms with Gasteiger partial charge in [0.15, 0.2) is 0 Å². The molecule has 0 aromatic heterocycles. The third kappa shape index (κ3) is 8.98. The Labute approximate surface area is 117 Å². The first-order valence-corrected chi connectivity index (χ1v) is 6.66. The summed E-state index contributed by atoms with van der Waals surface area (Å²) >= 11 is 6.23. The van der Waals surface area contributed by atoms with Gasteiger partial charge < -0.3 is 16.2 Å². The van der Waals surface area contributed by atoms with Crippen molar-refractivity contribution in [1.29, 1.82) is 0 Å².